The van der Waals surface area contributed by atoms with E-state index in [0.717, 1.165) is 38.8 Å². The number of fused-ring (bicyclic) bond motifs is 2. The van der Waals surface area contributed by atoms with E-state index in [1.54, 1.807) is 5.56 Å². The fourth-order valence-corrected chi connectivity index (χ4v) is 5.22. The lowest BCUT2D eigenvalue weighted by Crippen LogP contribution is -2.53. The summed E-state index contributed by atoms with van der Waals surface area (Å²) in [6, 6.07) is 11.0. The van der Waals surface area contributed by atoms with Crippen molar-refractivity contribution in [2.45, 2.75) is 31.2 Å². The van der Waals surface area contributed by atoms with E-state index in [4.69, 9.17) is 4.74 Å². The first kappa shape index (κ1) is 17.1. The van der Waals surface area contributed by atoms with Crippen molar-refractivity contribution in [2.24, 2.45) is 5.92 Å². The number of hydrogen-bond donors (Lipinski definition) is 0. The summed E-state index contributed by atoms with van der Waals surface area (Å²) in [6.07, 6.45) is 7.23. The van der Waals surface area contributed by atoms with Crippen molar-refractivity contribution < 1.29 is 4.74 Å². The molecule has 5 rings (SSSR count). The molecule has 3 aliphatic heterocycles. The Hall–Kier alpha value is -1.98. The number of benzene rings is 1. The van der Waals surface area contributed by atoms with Crippen LogP contribution >= 0.6 is 0 Å². The lowest BCUT2D eigenvalue weighted by Gasteiger charge is -2.49. The third-order valence-corrected chi connectivity index (χ3v) is 6.60. The molecule has 0 aliphatic carbocycles. The highest BCUT2D eigenvalue weighted by Crippen LogP contribution is 2.42. The zero-order valence-corrected chi connectivity index (χ0v) is 15.9. The molecule has 1 atom stereocenters. The second kappa shape index (κ2) is 7.21. The van der Waals surface area contributed by atoms with Gasteiger partial charge in [0.2, 0.25) is 5.95 Å². The quantitative estimate of drug-likeness (QED) is 0.838. The minimum Gasteiger partial charge on any atom is -0.381 e. The summed E-state index contributed by atoms with van der Waals surface area (Å²) in [5, 5.41) is 0. The van der Waals surface area contributed by atoms with Gasteiger partial charge in [-0.05, 0) is 42.4 Å². The van der Waals surface area contributed by atoms with Gasteiger partial charge in [0.1, 0.15) is 0 Å². The fourth-order valence-electron chi connectivity index (χ4n) is 5.22. The van der Waals surface area contributed by atoms with Crippen molar-refractivity contribution in [1.82, 2.24) is 14.9 Å². The van der Waals surface area contributed by atoms with Gasteiger partial charge in [-0.15, -0.1) is 0 Å². The summed E-state index contributed by atoms with van der Waals surface area (Å²) < 4.78 is 5.62. The van der Waals surface area contributed by atoms with Gasteiger partial charge in [0, 0.05) is 57.1 Å². The van der Waals surface area contributed by atoms with E-state index in [1.165, 1.54) is 37.9 Å². The molecule has 142 valence electrons. The maximum atomic E-state index is 5.62. The number of anilines is 1. The average molecular weight is 364 g/mol. The van der Waals surface area contributed by atoms with Crippen LogP contribution in [0.4, 0.5) is 5.95 Å². The van der Waals surface area contributed by atoms with Gasteiger partial charge in [-0.1, -0.05) is 24.3 Å². The first-order valence-corrected chi connectivity index (χ1v) is 10.2. The average Bonchev–Trinajstić information content (AvgIpc) is 3.22. The molecule has 0 radical (unpaired) electrons. The highest BCUT2D eigenvalue weighted by Gasteiger charge is 2.42. The summed E-state index contributed by atoms with van der Waals surface area (Å²) in [4.78, 5) is 13.9. The minimum absolute atomic E-state index is 0.263. The topological polar surface area (TPSA) is 41.5 Å². The number of piperidine rings is 1. The Morgan fingerprint density at radius 1 is 1.07 bits per heavy atom. The molecule has 0 saturated carbocycles. The van der Waals surface area contributed by atoms with Gasteiger partial charge >= 0.3 is 0 Å². The molecule has 1 spiro atoms. The molecule has 0 amide bonds. The van der Waals surface area contributed by atoms with E-state index in [1.807, 2.05) is 18.5 Å². The summed E-state index contributed by atoms with van der Waals surface area (Å²) >= 11 is 0. The predicted molar refractivity (Wildman–Crippen MR) is 106 cm³/mol. The predicted octanol–water partition coefficient (Wildman–Crippen LogP) is 2.87. The molecule has 2 aromatic rings. The molecule has 1 aromatic carbocycles. The van der Waals surface area contributed by atoms with Crippen molar-refractivity contribution in [3.8, 4) is 0 Å². The van der Waals surface area contributed by atoms with Crippen molar-refractivity contribution in [3.05, 3.63) is 53.9 Å². The summed E-state index contributed by atoms with van der Waals surface area (Å²) in [7, 11) is 0. The van der Waals surface area contributed by atoms with E-state index in [0.29, 0.717) is 5.92 Å². The van der Waals surface area contributed by atoms with Crippen LogP contribution < -0.4 is 4.90 Å². The van der Waals surface area contributed by atoms with E-state index >= 15 is 0 Å². The fraction of sp³-hybridized carbons (Fsp3) is 0.545. The van der Waals surface area contributed by atoms with Gasteiger partial charge in [0.15, 0.2) is 0 Å². The number of hydrogen-bond acceptors (Lipinski definition) is 5. The lowest BCUT2D eigenvalue weighted by molar-refractivity contribution is 0.122. The largest absolute Gasteiger partial charge is 0.381 e. The van der Waals surface area contributed by atoms with E-state index < -0.39 is 0 Å². The van der Waals surface area contributed by atoms with Crippen LogP contribution in [0.5, 0.6) is 0 Å². The second-order valence-electron chi connectivity index (χ2n) is 8.37. The van der Waals surface area contributed by atoms with Crippen molar-refractivity contribution in [2.75, 3.05) is 44.3 Å². The van der Waals surface area contributed by atoms with Crippen LogP contribution in [0.25, 0.3) is 0 Å². The molecule has 1 aromatic heterocycles. The smallest absolute Gasteiger partial charge is 0.225 e. The summed E-state index contributed by atoms with van der Waals surface area (Å²) in [6.45, 7) is 7.35. The number of ether oxygens (including phenoxy) is 1. The van der Waals surface area contributed by atoms with Crippen LogP contribution in [0.1, 0.15) is 30.4 Å². The first-order valence-electron chi connectivity index (χ1n) is 10.2. The molecule has 0 bridgehead atoms. The van der Waals surface area contributed by atoms with Crippen LogP contribution in [-0.4, -0.2) is 54.3 Å². The summed E-state index contributed by atoms with van der Waals surface area (Å²) in [5.41, 5.74) is 3.36. The summed E-state index contributed by atoms with van der Waals surface area (Å²) in [5.74, 6) is 1.57. The standard InChI is InChI=1S/C22H28N4O/c1-2-5-20-19(4-1)15-25(14-18-6-13-27-16-18)17-22(20)7-11-26(12-8-22)21-23-9-3-10-24-21/h1-5,9-10,18H,6-8,11-17H2. The highest BCUT2D eigenvalue weighted by molar-refractivity contribution is 5.40. The molecular weight excluding hydrogens is 336 g/mol. The molecule has 3 aliphatic rings. The Kier molecular flexibility index (Phi) is 4.58. The number of aromatic nitrogens is 2. The second-order valence-corrected chi connectivity index (χ2v) is 8.37. The Morgan fingerprint density at radius 3 is 2.67 bits per heavy atom. The van der Waals surface area contributed by atoms with Gasteiger partial charge in [-0.2, -0.15) is 0 Å². The number of rotatable bonds is 3. The van der Waals surface area contributed by atoms with Crippen LogP contribution in [0, 0.1) is 5.92 Å². The monoisotopic (exact) mass is 364 g/mol. The molecule has 27 heavy (non-hydrogen) atoms. The van der Waals surface area contributed by atoms with E-state index in [-0.39, 0.29) is 5.41 Å². The Bertz CT molecular complexity index is 767. The van der Waals surface area contributed by atoms with Crippen LogP contribution in [0.3, 0.4) is 0 Å². The molecule has 2 saturated heterocycles. The molecular formula is C22H28N4O. The van der Waals surface area contributed by atoms with Crippen LogP contribution in [0.15, 0.2) is 42.7 Å². The SMILES string of the molecule is c1cnc(N2CCC3(CC2)CN(CC2CCOC2)Cc2ccccc23)nc1. The van der Waals surface area contributed by atoms with E-state index in [9.17, 15) is 0 Å². The third kappa shape index (κ3) is 3.34. The Balaban J connectivity index is 1.37. The lowest BCUT2D eigenvalue weighted by atomic mass is 9.68. The molecule has 4 heterocycles. The zero-order valence-electron chi connectivity index (χ0n) is 15.9. The molecule has 5 nitrogen and oxygen atoms in total. The van der Waals surface area contributed by atoms with Gasteiger partial charge < -0.3 is 9.64 Å². The molecule has 1 unspecified atom stereocenters. The van der Waals surface area contributed by atoms with Crippen LogP contribution in [-0.2, 0) is 16.7 Å². The third-order valence-electron chi connectivity index (χ3n) is 6.60. The molecule has 0 N–H and O–H groups in total. The zero-order chi connectivity index (χ0) is 18.1. The van der Waals surface area contributed by atoms with Crippen molar-refractivity contribution in [1.29, 1.82) is 0 Å². The highest BCUT2D eigenvalue weighted by atomic mass is 16.5. The van der Waals surface area contributed by atoms with Gasteiger partial charge in [0.25, 0.3) is 0 Å². The van der Waals surface area contributed by atoms with Gasteiger partial charge in [0.05, 0.1) is 6.61 Å². The van der Waals surface area contributed by atoms with Gasteiger partial charge in [-0.25, -0.2) is 9.97 Å². The Morgan fingerprint density at radius 2 is 1.89 bits per heavy atom. The van der Waals surface area contributed by atoms with Crippen molar-refractivity contribution >= 4 is 5.95 Å². The molecule has 2 fully saturated rings. The number of nitrogens with zero attached hydrogens (tertiary/aromatic N) is 4. The van der Waals surface area contributed by atoms with Gasteiger partial charge in [-0.3, -0.25) is 4.90 Å². The first-order chi connectivity index (χ1) is 13.3. The maximum Gasteiger partial charge on any atom is 0.225 e. The minimum atomic E-state index is 0.263. The maximum absolute atomic E-state index is 5.62. The normalized spacial score (nSPS) is 24.9. The van der Waals surface area contributed by atoms with Crippen molar-refractivity contribution in [3.63, 3.8) is 0 Å². The van der Waals surface area contributed by atoms with E-state index in [2.05, 4.69) is 44.0 Å². The molecule has 5 heteroatoms. The van der Waals surface area contributed by atoms with Crippen LogP contribution in [0.2, 0.25) is 0 Å². The Labute approximate surface area is 161 Å².